The summed E-state index contributed by atoms with van der Waals surface area (Å²) in [6.45, 7) is 3.62. The minimum Gasteiger partial charge on any atom is -0.504 e. The molecular weight excluding hydrogens is 340 g/mol. The van der Waals surface area contributed by atoms with Gasteiger partial charge in [-0.1, -0.05) is 18.2 Å². The van der Waals surface area contributed by atoms with Crippen molar-refractivity contribution in [2.45, 2.75) is 43.9 Å². The number of hydrogen-bond acceptors (Lipinski definition) is 5. The zero-order chi connectivity index (χ0) is 18.3. The average molecular weight is 366 g/mol. The van der Waals surface area contributed by atoms with Crippen LogP contribution in [0.15, 0.2) is 42.6 Å². The number of pyridine rings is 1. The Labute approximate surface area is 159 Å². The number of nitrogens with zero attached hydrogens (tertiary/aromatic N) is 2. The van der Waals surface area contributed by atoms with E-state index in [-0.39, 0.29) is 17.5 Å². The molecule has 1 N–H and O–H groups in total. The van der Waals surface area contributed by atoms with Crippen molar-refractivity contribution in [3.63, 3.8) is 0 Å². The summed E-state index contributed by atoms with van der Waals surface area (Å²) >= 11 is 0. The number of likely N-dealkylation sites (tertiary alicyclic amines) is 1. The van der Waals surface area contributed by atoms with Gasteiger partial charge in [0.15, 0.2) is 11.5 Å². The van der Waals surface area contributed by atoms with Crippen molar-refractivity contribution >= 4 is 0 Å². The molecule has 27 heavy (non-hydrogen) atoms. The molecule has 0 radical (unpaired) electrons. The quantitative estimate of drug-likeness (QED) is 0.879. The summed E-state index contributed by atoms with van der Waals surface area (Å²) in [6, 6.07) is 11.7. The Morgan fingerprint density at radius 1 is 1.15 bits per heavy atom. The SMILES string of the molecule is Oc1cccc2c1OC1(CCN(Cc3ccccn3)CC1)[C@H]1CCCO[C@H]21. The Bertz CT molecular complexity index is 802. The zero-order valence-corrected chi connectivity index (χ0v) is 15.5. The molecule has 2 fully saturated rings. The molecular formula is C22H26N2O3. The first-order valence-electron chi connectivity index (χ1n) is 10.00. The van der Waals surface area contributed by atoms with E-state index < -0.39 is 0 Å². The summed E-state index contributed by atoms with van der Waals surface area (Å²) in [5.74, 6) is 1.23. The van der Waals surface area contributed by atoms with Crippen LogP contribution >= 0.6 is 0 Å². The highest BCUT2D eigenvalue weighted by atomic mass is 16.5. The molecule has 0 amide bonds. The smallest absolute Gasteiger partial charge is 0.167 e. The fraction of sp³-hybridized carbons (Fsp3) is 0.500. The van der Waals surface area contributed by atoms with Crippen molar-refractivity contribution in [1.29, 1.82) is 0 Å². The van der Waals surface area contributed by atoms with Crippen LogP contribution in [0.25, 0.3) is 0 Å². The summed E-state index contributed by atoms with van der Waals surface area (Å²) in [4.78, 5) is 6.91. The van der Waals surface area contributed by atoms with Gasteiger partial charge in [-0.05, 0) is 31.0 Å². The molecule has 2 aromatic rings. The number of hydrogen-bond donors (Lipinski definition) is 1. The van der Waals surface area contributed by atoms with Gasteiger partial charge in [-0.2, -0.15) is 0 Å². The van der Waals surface area contributed by atoms with Crippen LogP contribution in [0.5, 0.6) is 11.5 Å². The Hall–Kier alpha value is -2.11. The topological polar surface area (TPSA) is 54.8 Å². The molecule has 0 unspecified atom stereocenters. The van der Waals surface area contributed by atoms with Crippen molar-refractivity contribution < 1.29 is 14.6 Å². The summed E-state index contributed by atoms with van der Waals surface area (Å²) in [7, 11) is 0. The van der Waals surface area contributed by atoms with E-state index in [0.29, 0.717) is 11.7 Å². The predicted molar refractivity (Wildman–Crippen MR) is 102 cm³/mol. The lowest BCUT2D eigenvalue weighted by molar-refractivity contribution is -0.150. The van der Waals surface area contributed by atoms with E-state index in [4.69, 9.17) is 9.47 Å². The molecule has 0 bridgehead atoms. The molecule has 5 rings (SSSR count). The fourth-order valence-corrected chi connectivity index (χ4v) is 5.07. The highest BCUT2D eigenvalue weighted by Gasteiger charge is 2.52. The molecule has 5 heteroatoms. The van der Waals surface area contributed by atoms with Gasteiger partial charge in [-0.3, -0.25) is 9.88 Å². The van der Waals surface area contributed by atoms with Crippen LogP contribution in [0.2, 0.25) is 0 Å². The molecule has 4 heterocycles. The molecule has 2 saturated heterocycles. The summed E-state index contributed by atoms with van der Waals surface area (Å²) < 4.78 is 12.8. The third kappa shape index (κ3) is 2.99. The molecule has 5 nitrogen and oxygen atoms in total. The molecule has 1 aromatic carbocycles. The fourth-order valence-electron chi connectivity index (χ4n) is 5.07. The number of ether oxygens (including phenoxy) is 2. The number of phenols is 1. The summed E-state index contributed by atoms with van der Waals surface area (Å²) in [5.41, 5.74) is 1.89. The van der Waals surface area contributed by atoms with E-state index >= 15 is 0 Å². The maximum Gasteiger partial charge on any atom is 0.167 e. The molecule has 1 spiro atoms. The van der Waals surface area contributed by atoms with Gasteiger partial charge in [0.1, 0.15) is 5.60 Å². The highest BCUT2D eigenvalue weighted by Crippen LogP contribution is 2.55. The number of aromatic nitrogens is 1. The number of para-hydroxylation sites is 1. The van der Waals surface area contributed by atoms with Crippen LogP contribution < -0.4 is 4.74 Å². The highest BCUT2D eigenvalue weighted by molar-refractivity contribution is 5.49. The monoisotopic (exact) mass is 366 g/mol. The minimum atomic E-state index is -0.239. The van der Waals surface area contributed by atoms with Gasteiger partial charge in [0.2, 0.25) is 0 Å². The first kappa shape index (κ1) is 17.0. The van der Waals surface area contributed by atoms with Crippen LogP contribution in [0.1, 0.15) is 43.0 Å². The van der Waals surface area contributed by atoms with E-state index in [1.165, 1.54) is 0 Å². The maximum atomic E-state index is 10.4. The average Bonchev–Trinajstić information content (AvgIpc) is 2.72. The molecule has 0 saturated carbocycles. The standard InChI is InChI=1S/C22H26N2O3/c25-19-8-3-6-17-20-18(7-4-14-26-20)22(27-21(17)19)9-12-24(13-10-22)15-16-5-1-2-11-23-16/h1-3,5-6,8,11,18,20,25H,4,7,9-10,12-15H2/t18-,20+/m0/s1. The van der Waals surface area contributed by atoms with Gasteiger partial charge in [0, 0.05) is 56.8 Å². The third-order valence-corrected chi connectivity index (χ3v) is 6.45. The van der Waals surface area contributed by atoms with E-state index in [1.54, 1.807) is 6.07 Å². The number of fused-ring (bicyclic) bond motifs is 4. The lowest BCUT2D eigenvalue weighted by Crippen LogP contribution is -2.57. The van der Waals surface area contributed by atoms with Crippen LogP contribution in [-0.4, -0.2) is 40.3 Å². The van der Waals surface area contributed by atoms with Crippen molar-refractivity contribution in [2.75, 3.05) is 19.7 Å². The molecule has 142 valence electrons. The van der Waals surface area contributed by atoms with Gasteiger partial charge in [-0.15, -0.1) is 0 Å². The first-order chi connectivity index (χ1) is 13.3. The molecule has 3 aliphatic heterocycles. The van der Waals surface area contributed by atoms with E-state index in [1.807, 2.05) is 30.5 Å². The zero-order valence-electron chi connectivity index (χ0n) is 15.5. The van der Waals surface area contributed by atoms with Gasteiger partial charge in [0.25, 0.3) is 0 Å². The molecule has 3 aliphatic rings. The second-order valence-corrected chi connectivity index (χ2v) is 8.00. The minimum absolute atomic E-state index is 0.0388. The van der Waals surface area contributed by atoms with Gasteiger partial charge >= 0.3 is 0 Å². The molecule has 2 atom stereocenters. The van der Waals surface area contributed by atoms with Crippen molar-refractivity contribution in [3.05, 3.63) is 53.9 Å². The van der Waals surface area contributed by atoms with E-state index in [0.717, 1.165) is 63.2 Å². The van der Waals surface area contributed by atoms with Gasteiger partial charge in [0.05, 0.1) is 11.8 Å². The lowest BCUT2D eigenvalue weighted by Gasteiger charge is -2.53. The first-order valence-corrected chi connectivity index (χ1v) is 10.00. The summed E-state index contributed by atoms with van der Waals surface area (Å²) in [5, 5.41) is 10.4. The molecule has 1 aromatic heterocycles. The number of benzene rings is 1. The number of phenolic OH excluding ortho intramolecular Hbond substituents is 1. The Morgan fingerprint density at radius 2 is 2.04 bits per heavy atom. The predicted octanol–water partition coefficient (Wildman–Crippen LogP) is 3.68. The normalized spacial score (nSPS) is 26.8. The largest absolute Gasteiger partial charge is 0.504 e. The number of piperidine rings is 1. The second kappa shape index (κ2) is 6.80. The Kier molecular flexibility index (Phi) is 4.29. The van der Waals surface area contributed by atoms with Crippen molar-refractivity contribution in [1.82, 2.24) is 9.88 Å². The Morgan fingerprint density at radius 3 is 2.85 bits per heavy atom. The Balaban J connectivity index is 1.39. The van der Waals surface area contributed by atoms with Crippen LogP contribution in [0.4, 0.5) is 0 Å². The maximum absolute atomic E-state index is 10.4. The lowest BCUT2D eigenvalue weighted by atomic mass is 9.70. The van der Waals surface area contributed by atoms with E-state index in [2.05, 4.69) is 16.0 Å². The van der Waals surface area contributed by atoms with Crippen molar-refractivity contribution in [3.8, 4) is 11.5 Å². The van der Waals surface area contributed by atoms with Gasteiger partial charge in [-0.25, -0.2) is 0 Å². The second-order valence-electron chi connectivity index (χ2n) is 8.00. The number of rotatable bonds is 2. The van der Waals surface area contributed by atoms with Crippen molar-refractivity contribution in [2.24, 2.45) is 5.92 Å². The van der Waals surface area contributed by atoms with E-state index in [9.17, 15) is 5.11 Å². The summed E-state index contributed by atoms with van der Waals surface area (Å²) in [6.07, 6.45) is 6.01. The van der Waals surface area contributed by atoms with Crippen LogP contribution in [0.3, 0.4) is 0 Å². The van der Waals surface area contributed by atoms with Crippen LogP contribution in [0, 0.1) is 5.92 Å². The molecule has 0 aliphatic carbocycles. The van der Waals surface area contributed by atoms with Gasteiger partial charge < -0.3 is 14.6 Å². The van der Waals surface area contributed by atoms with Crippen LogP contribution in [-0.2, 0) is 11.3 Å². The third-order valence-electron chi connectivity index (χ3n) is 6.45. The number of aromatic hydroxyl groups is 1.